The van der Waals surface area contributed by atoms with Gasteiger partial charge in [-0.05, 0) is 30.3 Å². The molecule has 0 bridgehead atoms. The van der Waals surface area contributed by atoms with Crippen LogP contribution in [0.2, 0.25) is 0 Å². The van der Waals surface area contributed by atoms with Crippen molar-refractivity contribution in [2.45, 2.75) is 6.54 Å². The van der Waals surface area contributed by atoms with Gasteiger partial charge in [0.25, 0.3) is 0 Å². The van der Waals surface area contributed by atoms with Crippen molar-refractivity contribution in [1.29, 1.82) is 0 Å². The van der Waals surface area contributed by atoms with Crippen molar-refractivity contribution in [3.05, 3.63) is 47.8 Å². The van der Waals surface area contributed by atoms with E-state index >= 15 is 0 Å². The molecule has 2 aromatic rings. The Morgan fingerprint density at radius 2 is 2.25 bits per heavy atom. The number of nitrogens with zero attached hydrogens (tertiary/aromatic N) is 1. The largest absolute Gasteiger partial charge is 0.378 e. The first kappa shape index (κ1) is 9.03. The Bertz CT molecular complexity index is 571. The van der Waals surface area contributed by atoms with E-state index < -0.39 is 5.91 Å². The zero-order valence-electron chi connectivity index (χ0n) is 8.60. The third kappa shape index (κ3) is 1.20. The lowest BCUT2D eigenvalue weighted by Crippen LogP contribution is -2.16. The molecule has 3 N–H and O–H groups in total. The SMILES string of the molecule is NC(=O)c1ccc2c(c1)NCc1cccn1-2. The number of aromatic nitrogens is 1. The highest BCUT2D eigenvalue weighted by Gasteiger charge is 2.15. The minimum atomic E-state index is -0.400. The van der Waals surface area contributed by atoms with Crippen LogP contribution in [-0.2, 0) is 6.54 Å². The highest BCUT2D eigenvalue weighted by molar-refractivity contribution is 5.94. The van der Waals surface area contributed by atoms with Crippen LogP contribution in [0.5, 0.6) is 0 Å². The van der Waals surface area contributed by atoms with E-state index in [-0.39, 0.29) is 0 Å². The van der Waals surface area contributed by atoms with Crippen LogP contribution in [0.25, 0.3) is 5.69 Å². The molecular weight excluding hydrogens is 202 g/mol. The monoisotopic (exact) mass is 213 g/mol. The molecule has 1 aromatic carbocycles. The molecular formula is C12H11N3O. The number of hydrogen-bond donors (Lipinski definition) is 2. The smallest absolute Gasteiger partial charge is 0.248 e. The van der Waals surface area contributed by atoms with E-state index in [0.717, 1.165) is 17.9 Å². The summed E-state index contributed by atoms with van der Waals surface area (Å²) in [4.78, 5) is 11.1. The van der Waals surface area contributed by atoms with Gasteiger partial charge in [-0.15, -0.1) is 0 Å². The van der Waals surface area contributed by atoms with E-state index in [1.807, 2.05) is 18.3 Å². The van der Waals surface area contributed by atoms with Crippen LogP contribution in [0.1, 0.15) is 16.1 Å². The number of amides is 1. The first-order valence-corrected chi connectivity index (χ1v) is 5.10. The Morgan fingerprint density at radius 3 is 3.06 bits per heavy atom. The van der Waals surface area contributed by atoms with Crippen LogP contribution < -0.4 is 11.1 Å². The standard InChI is InChI=1S/C12H11N3O/c13-12(16)8-3-4-11-10(6-8)14-7-9-2-1-5-15(9)11/h1-6,14H,7H2,(H2,13,16). The van der Waals surface area contributed by atoms with Gasteiger partial charge in [0.05, 0.1) is 17.9 Å². The Labute approximate surface area is 92.7 Å². The number of rotatable bonds is 1. The molecule has 1 amide bonds. The van der Waals surface area contributed by atoms with Crippen LogP contribution in [0.15, 0.2) is 36.5 Å². The van der Waals surface area contributed by atoms with Crippen molar-refractivity contribution >= 4 is 11.6 Å². The van der Waals surface area contributed by atoms with Gasteiger partial charge in [-0.1, -0.05) is 0 Å². The fourth-order valence-corrected chi connectivity index (χ4v) is 2.02. The molecule has 0 radical (unpaired) electrons. The number of hydrogen-bond acceptors (Lipinski definition) is 2. The maximum absolute atomic E-state index is 11.1. The number of nitrogens with two attached hydrogens (primary N) is 1. The third-order valence-electron chi connectivity index (χ3n) is 2.83. The van der Waals surface area contributed by atoms with Crippen molar-refractivity contribution in [3.8, 4) is 5.69 Å². The second-order valence-electron chi connectivity index (χ2n) is 3.82. The van der Waals surface area contributed by atoms with Crippen molar-refractivity contribution in [2.75, 3.05) is 5.32 Å². The van der Waals surface area contributed by atoms with Gasteiger partial charge in [0, 0.05) is 17.5 Å². The molecule has 0 saturated carbocycles. The number of carbonyl (C=O) groups excluding carboxylic acids is 1. The van der Waals surface area contributed by atoms with Crippen LogP contribution in [0.4, 0.5) is 5.69 Å². The molecule has 1 aliphatic heterocycles. The van der Waals surface area contributed by atoms with Gasteiger partial charge in [0.15, 0.2) is 0 Å². The summed E-state index contributed by atoms with van der Waals surface area (Å²) in [5.41, 5.74) is 8.98. The number of fused-ring (bicyclic) bond motifs is 3. The fourth-order valence-electron chi connectivity index (χ4n) is 2.02. The molecule has 3 rings (SSSR count). The van der Waals surface area contributed by atoms with E-state index in [1.54, 1.807) is 12.1 Å². The second kappa shape index (κ2) is 3.13. The summed E-state index contributed by atoms with van der Waals surface area (Å²) in [6, 6.07) is 9.52. The fraction of sp³-hybridized carbons (Fsp3) is 0.0833. The van der Waals surface area contributed by atoms with Crippen LogP contribution in [0.3, 0.4) is 0 Å². The van der Waals surface area contributed by atoms with Crippen LogP contribution in [-0.4, -0.2) is 10.5 Å². The number of carbonyl (C=O) groups is 1. The zero-order chi connectivity index (χ0) is 11.1. The Kier molecular flexibility index (Phi) is 1.77. The zero-order valence-corrected chi connectivity index (χ0v) is 8.60. The lowest BCUT2D eigenvalue weighted by Gasteiger charge is -2.21. The summed E-state index contributed by atoms with van der Waals surface area (Å²) in [5.74, 6) is -0.400. The molecule has 4 nitrogen and oxygen atoms in total. The summed E-state index contributed by atoms with van der Waals surface area (Å²) in [6.07, 6.45) is 2.01. The molecule has 0 saturated heterocycles. The van der Waals surface area contributed by atoms with Crippen molar-refractivity contribution < 1.29 is 4.79 Å². The molecule has 16 heavy (non-hydrogen) atoms. The van der Waals surface area contributed by atoms with E-state index in [9.17, 15) is 4.79 Å². The Hall–Kier alpha value is -2.23. The van der Waals surface area contributed by atoms with Gasteiger partial charge >= 0.3 is 0 Å². The van der Waals surface area contributed by atoms with Gasteiger partial charge in [-0.3, -0.25) is 4.79 Å². The maximum Gasteiger partial charge on any atom is 0.248 e. The van der Waals surface area contributed by atoms with E-state index in [2.05, 4.69) is 16.0 Å². The maximum atomic E-state index is 11.1. The topological polar surface area (TPSA) is 60.1 Å². The molecule has 0 aliphatic carbocycles. The highest BCUT2D eigenvalue weighted by Crippen LogP contribution is 2.28. The van der Waals surface area contributed by atoms with Gasteiger partial charge in [-0.2, -0.15) is 0 Å². The summed E-state index contributed by atoms with van der Waals surface area (Å²) >= 11 is 0. The molecule has 1 aromatic heterocycles. The van der Waals surface area contributed by atoms with Crippen molar-refractivity contribution in [2.24, 2.45) is 5.73 Å². The third-order valence-corrected chi connectivity index (χ3v) is 2.83. The van der Waals surface area contributed by atoms with Crippen molar-refractivity contribution in [1.82, 2.24) is 4.57 Å². The molecule has 0 atom stereocenters. The van der Waals surface area contributed by atoms with Crippen molar-refractivity contribution in [3.63, 3.8) is 0 Å². The Balaban J connectivity index is 2.17. The summed E-state index contributed by atoms with van der Waals surface area (Å²) < 4.78 is 2.11. The molecule has 80 valence electrons. The average molecular weight is 213 g/mol. The van der Waals surface area contributed by atoms with E-state index in [0.29, 0.717) is 5.56 Å². The summed E-state index contributed by atoms with van der Waals surface area (Å²) in [7, 11) is 0. The van der Waals surface area contributed by atoms with Gasteiger partial charge in [-0.25, -0.2) is 0 Å². The van der Waals surface area contributed by atoms with Crippen LogP contribution >= 0.6 is 0 Å². The number of nitrogens with one attached hydrogen (secondary N) is 1. The minimum absolute atomic E-state index is 0.400. The number of primary amides is 1. The molecule has 0 fully saturated rings. The van der Waals surface area contributed by atoms with E-state index in [4.69, 9.17) is 5.73 Å². The number of benzene rings is 1. The van der Waals surface area contributed by atoms with E-state index in [1.165, 1.54) is 5.69 Å². The Morgan fingerprint density at radius 1 is 1.38 bits per heavy atom. The normalized spacial score (nSPS) is 12.5. The summed E-state index contributed by atoms with van der Waals surface area (Å²) in [6.45, 7) is 0.766. The molecule has 1 aliphatic rings. The first-order valence-electron chi connectivity index (χ1n) is 5.10. The predicted octanol–water partition coefficient (Wildman–Crippen LogP) is 1.50. The van der Waals surface area contributed by atoms with Gasteiger partial charge in [0.1, 0.15) is 0 Å². The summed E-state index contributed by atoms with van der Waals surface area (Å²) in [5, 5.41) is 3.27. The molecule has 0 unspecified atom stereocenters. The number of anilines is 1. The molecule has 0 spiro atoms. The van der Waals surface area contributed by atoms with Crippen LogP contribution in [0, 0.1) is 0 Å². The minimum Gasteiger partial charge on any atom is -0.378 e. The molecule has 2 heterocycles. The lowest BCUT2D eigenvalue weighted by molar-refractivity contribution is 0.100. The quantitative estimate of drug-likeness (QED) is 0.754. The lowest BCUT2D eigenvalue weighted by atomic mass is 10.1. The van der Waals surface area contributed by atoms with Gasteiger partial charge < -0.3 is 15.6 Å². The van der Waals surface area contributed by atoms with Gasteiger partial charge in [0.2, 0.25) is 5.91 Å². The molecule has 4 heteroatoms. The highest BCUT2D eigenvalue weighted by atomic mass is 16.1. The predicted molar refractivity (Wildman–Crippen MR) is 61.6 cm³/mol. The second-order valence-corrected chi connectivity index (χ2v) is 3.82. The first-order chi connectivity index (χ1) is 7.75. The average Bonchev–Trinajstić information content (AvgIpc) is 2.76.